The van der Waals surface area contributed by atoms with E-state index in [4.69, 9.17) is 27.9 Å². The van der Waals surface area contributed by atoms with Gasteiger partial charge in [0.1, 0.15) is 5.82 Å². The largest absolute Gasteiger partial charge is 0.350 e. The number of hydrogen-bond acceptors (Lipinski definition) is 7. The van der Waals surface area contributed by atoms with Crippen LogP contribution in [-0.2, 0) is 33.9 Å². The van der Waals surface area contributed by atoms with E-state index in [1.807, 2.05) is 0 Å². The Morgan fingerprint density at radius 3 is 2.38 bits per heavy atom. The van der Waals surface area contributed by atoms with E-state index in [-0.39, 0.29) is 37.9 Å². The van der Waals surface area contributed by atoms with Crippen LogP contribution in [0, 0.1) is 5.82 Å². The third kappa shape index (κ3) is 4.58. The summed E-state index contributed by atoms with van der Waals surface area (Å²) in [4.78, 5) is 32.3. The lowest BCUT2D eigenvalue weighted by atomic mass is 9.90. The molecule has 1 aliphatic rings. The molecule has 0 fully saturated rings. The van der Waals surface area contributed by atoms with Gasteiger partial charge in [-0.1, -0.05) is 35.3 Å². The molecule has 0 unspecified atom stereocenters. The number of ether oxygens (including phenoxy) is 1. The average molecular weight is 603 g/mol. The number of benzene rings is 2. The van der Waals surface area contributed by atoms with Crippen LogP contribution in [-0.4, -0.2) is 53.1 Å². The minimum Gasteiger partial charge on any atom is -0.350 e. The van der Waals surface area contributed by atoms with Gasteiger partial charge in [-0.25, -0.2) is 12.8 Å². The van der Waals surface area contributed by atoms with Gasteiger partial charge in [-0.2, -0.15) is 5.10 Å². The SMILES string of the molecule is CO[C@]1(c2ccc(Cl)cc2)c2c(F)cc(C(=O)c3cnn(C)c3)cc2C(=O)N1Cc1ncc(Cl)cc1S(C)(=O)=O. The van der Waals surface area contributed by atoms with Crippen LogP contribution in [0.4, 0.5) is 4.39 Å². The van der Waals surface area contributed by atoms with Crippen molar-refractivity contribution in [2.24, 2.45) is 7.05 Å². The summed E-state index contributed by atoms with van der Waals surface area (Å²) in [6.45, 7) is -0.394. The smallest absolute Gasteiger partial charge is 0.257 e. The van der Waals surface area contributed by atoms with Gasteiger partial charge in [0.15, 0.2) is 21.3 Å². The molecule has 4 aromatic rings. The van der Waals surface area contributed by atoms with Crippen LogP contribution in [0.2, 0.25) is 10.0 Å². The molecular weight excluding hydrogens is 582 g/mol. The van der Waals surface area contributed by atoms with Crippen molar-refractivity contribution >= 4 is 44.7 Å². The molecule has 3 heterocycles. The molecule has 5 rings (SSSR count). The molecule has 0 N–H and O–H groups in total. The standard InChI is InChI=1S/C27H21Cl2FN4O5S/c1-33-13-16(11-32-33)25(35)15-8-20-24(21(30)9-15)27(39-2,17-4-6-18(28)7-5-17)34(26(20)36)14-22-23(40(3,37)38)10-19(29)12-31-22/h4-13H,14H2,1-3H3/t27-/m1/s1. The van der Waals surface area contributed by atoms with Gasteiger partial charge in [0.2, 0.25) is 0 Å². The average Bonchev–Trinajstić information content (AvgIpc) is 3.44. The van der Waals surface area contributed by atoms with Crippen molar-refractivity contribution in [3.63, 3.8) is 0 Å². The summed E-state index contributed by atoms with van der Waals surface area (Å²) in [6.07, 6.45) is 5.06. The number of pyridine rings is 1. The van der Waals surface area contributed by atoms with E-state index < -0.39 is 39.6 Å². The van der Waals surface area contributed by atoms with E-state index in [9.17, 15) is 18.0 Å². The molecule has 13 heteroatoms. The van der Waals surface area contributed by atoms with Crippen molar-refractivity contribution in [3.05, 3.63) is 110 Å². The van der Waals surface area contributed by atoms with Crippen LogP contribution in [0.3, 0.4) is 0 Å². The lowest BCUT2D eigenvalue weighted by molar-refractivity contribution is -0.0888. The number of ketones is 1. The van der Waals surface area contributed by atoms with E-state index in [0.29, 0.717) is 10.6 Å². The van der Waals surface area contributed by atoms with Crippen LogP contribution < -0.4 is 0 Å². The number of aryl methyl sites for hydroxylation is 1. The predicted molar refractivity (Wildman–Crippen MR) is 145 cm³/mol. The van der Waals surface area contributed by atoms with E-state index in [1.165, 1.54) is 47.4 Å². The van der Waals surface area contributed by atoms with E-state index in [1.54, 1.807) is 31.3 Å². The number of halogens is 3. The normalized spacial score (nSPS) is 16.9. The fourth-order valence-electron chi connectivity index (χ4n) is 4.91. The first-order chi connectivity index (χ1) is 18.9. The molecule has 0 radical (unpaired) electrons. The maximum atomic E-state index is 16.1. The molecule has 1 aliphatic heterocycles. The zero-order chi connectivity index (χ0) is 29.0. The number of amides is 1. The molecule has 40 heavy (non-hydrogen) atoms. The highest BCUT2D eigenvalue weighted by Gasteiger charge is 2.54. The Kier molecular flexibility index (Phi) is 7.03. The first-order valence-electron chi connectivity index (χ1n) is 11.7. The Balaban J connectivity index is 1.73. The van der Waals surface area contributed by atoms with Crippen LogP contribution in [0.25, 0.3) is 0 Å². The zero-order valence-corrected chi connectivity index (χ0v) is 23.7. The van der Waals surface area contributed by atoms with Crippen LogP contribution >= 0.6 is 23.2 Å². The predicted octanol–water partition coefficient (Wildman–Crippen LogP) is 4.40. The lowest BCUT2D eigenvalue weighted by Crippen LogP contribution is -2.46. The summed E-state index contributed by atoms with van der Waals surface area (Å²) >= 11 is 12.1. The number of rotatable bonds is 7. The number of hydrogen-bond donors (Lipinski definition) is 0. The Labute approximate surface area is 239 Å². The molecule has 1 atom stereocenters. The maximum absolute atomic E-state index is 16.1. The minimum absolute atomic E-state index is 0.00415. The molecule has 1 amide bonds. The fraction of sp³-hybridized carbons (Fsp3) is 0.185. The fourth-order valence-corrected chi connectivity index (χ4v) is 6.14. The monoisotopic (exact) mass is 602 g/mol. The van der Waals surface area contributed by atoms with Gasteiger partial charge in [0, 0.05) is 49.0 Å². The van der Waals surface area contributed by atoms with Crippen LogP contribution in [0.15, 0.2) is 66.0 Å². The number of sulfone groups is 1. The van der Waals surface area contributed by atoms with Gasteiger partial charge >= 0.3 is 0 Å². The summed E-state index contributed by atoms with van der Waals surface area (Å²) < 4.78 is 48.6. The third-order valence-corrected chi connectivity index (χ3v) is 8.26. The van der Waals surface area contributed by atoms with Crippen molar-refractivity contribution in [2.75, 3.05) is 13.4 Å². The molecule has 9 nitrogen and oxygen atoms in total. The number of carbonyl (C=O) groups is 2. The second kappa shape index (κ2) is 10.1. The van der Waals surface area contributed by atoms with E-state index in [2.05, 4.69) is 10.1 Å². The molecule has 0 aliphatic carbocycles. The summed E-state index contributed by atoms with van der Waals surface area (Å²) in [5.74, 6) is -2.11. The number of methoxy groups -OCH3 is 1. The maximum Gasteiger partial charge on any atom is 0.257 e. The Morgan fingerprint density at radius 1 is 1.07 bits per heavy atom. The quantitative estimate of drug-likeness (QED) is 0.288. The third-order valence-electron chi connectivity index (χ3n) is 6.65. The molecule has 2 aromatic carbocycles. The summed E-state index contributed by atoms with van der Waals surface area (Å²) in [7, 11) is -0.890. The van der Waals surface area contributed by atoms with Gasteiger partial charge in [-0.15, -0.1) is 0 Å². The minimum atomic E-state index is -3.82. The second-order valence-corrected chi connectivity index (χ2v) is 12.1. The van der Waals surface area contributed by atoms with Crippen molar-refractivity contribution < 1.29 is 27.1 Å². The highest BCUT2D eigenvalue weighted by atomic mass is 35.5. The molecule has 206 valence electrons. The van der Waals surface area contributed by atoms with Gasteiger partial charge < -0.3 is 4.74 Å². The first-order valence-corrected chi connectivity index (χ1v) is 14.4. The van der Waals surface area contributed by atoms with Crippen molar-refractivity contribution in [3.8, 4) is 0 Å². The molecule has 0 saturated heterocycles. The highest BCUT2D eigenvalue weighted by molar-refractivity contribution is 7.90. The Hall–Kier alpha value is -3.64. The summed E-state index contributed by atoms with van der Waals surface area (Å²) in [6, 6.07) is 9.82. The first kappa shape index (κ1) is 27.9. The number of carbonyl (C=O) groups excluding carboxylic acids is 2. The highest BCUT2D eigenvalue weighted by Crippen LogP contribution is 2.47. The second-order valence-electron chi connectivity index (χ2n) is 9.23. The number of aromatic nitrogens is 3. The Morgan fingerprint density at radius 2 is 1.77 bits per heavy atom. The van der Waals surface area contributed by atoms with Gasteiger partial charge in [-0.3, -0.25) is 24.2 Å². The zero-order valence-electron chi connectivity index (χ0n) is 21.4. The molecule has 0 spiro atoms. The van der Waals surface area contributed by atoms with Crippen molar-refractivity contribution in [2.45, 2.75) is 17.2 Å². The van der Waals surface area contributed by atoms with Crippen molar-refractivity contribution in [1.82, 2.24) is 19.7 Å². The molecular formula is C27H21Cl2FN4O5S. The molecule has 0 bridgehead atoms. The van der Waals surface area contributed by atoms with Crippen molar-refractivity contribution in [1.29, 1.82) is 0 Å². The van der Waals surface area contributed by atoms with Crippen LogP contribution in [0.1, 0.15) is 43.1 Å². The Bertz CT molecular complexity index is 1790. The van der Waals surface area contributed by atoms with Gasteiger partial charge in [0.05, 0.1) is 45.0 Å². The summed E-state index contributed by atoms with van der Waals surface area (Å²) in [5, 5.41) is 4.46. The van der Waals surface area contributed by atoms with Crippen LogP contribution in [0.5, 0.6) is 0 Å². The topological polar surface area (TPSA) is 111 Å². The number of nitrogens with zero attached hydrogens (tertiary/aromatic N) is 4. The van der Waals surface area contributed by atoms with Gasteiger partial charge in [-0.05, 0) is 30.3 Å². The molecule has 2 aromatic heterocycles. The van der Waals surface area contributed by atoms with E-state index >= 15 is 4.39 Å². The molecule has 0 saturated carbocycles. The van der Waals surface area contributed by atoms with Gasteiger partial charge in [0.25, 0.3) is 5.91 Å². The number of fused-ring (bicyclic) bond motifs is 1. The summed E-state index contributed by atoms with van der Waals surface area (Å²) in [5.41, 5.74) is -1.64. The lowest BCUT2D eigenvalue weighted by Gasteiger charge is -2.38. The van der Waals surface area contributed by atoms with E-state index in [0.717, 1.165) is 12.3 Å².